The number of guanidine groups is 1. The van der Waals surface area contributed by atoms with E-state index in [-0.39, 0.29) is 24.0 Å². The lowest BCUT2D eigenvalue weighted by molar-refractivity contribution is 0.174. The quantitative estimate of drug-likeness (QED) is 0.263. The van der Waals surface area contributed by atoms with E-state index in [1.807, 2.05) is 17.9 Å². The molecule has 1 aliphatic rings. The molecule has 27 heavy (non-hydrogen) atoms. The van der Waals surface area contributed by atoms with E-state index >= 15 is 0 Å². The van der Waals surface area contributed by atoms with Crippen molar-refractivity contribution < 1.29 is 0 Å². The lowest BCUT2D eigenvalue weighted by Gasteiger charge is -2.30. The minimum atomic E-state index is 0. The molecule has 1 atom stereocenters. The van der Waals surface area contributed by atoms with Gasteiger partial charge in [-0.2, -0.15) is 5.10 Å². The predicted octanol–water partition coefficient (Wildman–Crippen LogP) is 3.30. The normalized spacial score (nSPS) is 17.9. The smallest absolute Gasteiger partial charge is 0.193 e. The Balaban J connectivity index is 0.00000364. The zero-order valence-corrected chi connectivity index (χ0v) is 20.3. The summed E-state index contributed by atoms with van der Waals surface area (Å²) in [6.07, 6.45) is 6.42. The van der Waals surface area contributed by atoms with Crippen LogP contribution in [0.1, 0.15) is 58.9 Å². The largest absolute Gasteiger partial charge is 0.357 e. The van der Waals surface area contributed by atoms with Crippen LogP contribution in [-0.2, 0) is 7.05 Å². The van der Waals surface area contributed by atoms with Gasteiger partial charge in [-0.15, -0.1) is 24.0 Å². The number of likely N-dealkylation sites (tertiary alicyclic amines) is 1. The molecule has 1 N–H and O–H groups in total. The lowest BCUT2D eigenvalue weighted by atomic mass is 10.0. The van der Waals surface area contributed by atoms with E-state index in [4.69, 9.17) is 4.99 Å². The van der Waals surface area contributed by atoms with E-state index in [1.165, 1.54) is 12.0 Å². The Hall–Kier alpha value is -0.830. The molecule has 0 aliphatic carbocycles. The highest BCUT2D eigenvalue weighted by atomic mass is 127. The van der Waals surface area contributed by atoms with Gasteiger partial charge in [-0.05, 0) is 53.0 Å². The summed E-state index contributed by atoms with van der Waals surface area (Å²) in [7, 11) is 1.99. The predicted molar refractivity (Wildman–Crippen MR) is 125 cm³/mol. The van der Waals surface area contributed by atoms with Crippen LogP contribution in [-0.4, -0.2) is 70.3 Å². The maximum Gasteiger partial charge on any atom is 0.193 e. The van der Waals surface area contributed by atoms with Crippen molar-refractivity contribution >= 4 is 29.9 Å². The number of hydrogen-bond donors (Lipinski definition) is 1. The van der Waals surface area contributed by atoms with Gasteiger partial charge in [0.2, 0.25) is 0 Å². The molecule has 0 radical (unpaired) electrons. The first-order valence-electron chi connectivity index (χ1n) is 10.2. The first-order valence-corrected chi connectivity index (χ1v) is 10.2. The molecular formula is C20H39IN6. The van der Waals surface area contributed by atoms with Gasteiger partial charge in [0.05, 0.1) is 6.20 Å². The molecule has 1 aromatic rings. The molecule has 0 saturated carbocycles. The van der Waals surface area contributed by atoms with Gasteiger partial charge in [-0.25, -0.2) is 0 Å². The van der Waals surface area contributed by atoms with Crippen LogP contribution in [0, 0.1) is 0 Å². The summed E-state index contributed by atoms with van der Waals surface area (Å²) >= 11 is 0. The van der Waals surface area contributed by atoms with E-state index in [0.717, 1.165) is 45.1 Å². The molecular weight excluding hydrogens is 451 g/mol. The molecule has 1 saturated heterocycles. The summed E-state index contributed by atoms with van der Waals surface area (Å²) in [5.41, 5.74) is 1.34. The van der Waals surface area contributed by atoms with Crippen molar-refractivity contribution in [2.24, 2.45) is 12.0 Å². The van der Waals surface area contributed by atoms with Crippen molar-refractivity contribution in [1.82, 2.24) is 24.9 Å². The summed E-state index contributed by atoms with van der Waals surface area (Å²) in [6.45, 7) is 16.2. The van der Waals surface area contributed by atoms with E-state index in [9.17, 15) is 0 Å². The SMILES string of the molecule is CCNC(=NCCCN(C(C)C)C(C)C)N1CCC(c2cnn(C)c2)C1.I. The Kier molecular flexibility index (Phi) is 10.7. The minimum Gasteiger partial charge on any atom is -0.357 e. The third-order valence-electron chi connectivity index (χ3n) is 5.18. The second-order valence-electron chi connectivity index (χ2n) is 7.89. The number of hydrogen-bond acceptors (Lipinski definition) is 3. The zero-order valence-electron chi connectivity index (χ0n) is 18.0. The molecule has 0 bridgehead atoms. The summed E-state index contributed by atoms with van der Waals surface area (Å²) in [4.78, 5) is 9.85. The number of nitrogens with one attached hydrogen (secondary N) is 1. The molecule has 0 spiro atoms. The van der Waals surface area contributed by atoms with Gasteiger partial charge in [0.25, 0.3) is 0 Å². The minimum absolute atomic E-state index is 0. The summed E-state index contributed by atoms with van der Waals surface area (Å²) in [5.74, 6) is 1.63. The van der Waals surface area contributed by atoms with E-state index in [2.05, 4.69) is 61.0 Å². The highest BCUT2D eigenvalue weighted by molar-refractivity contribution is 14.0. The highest BCUT2D eigenvalue weighted by Crippen LogP contribution is 2.26. The van der Waals surface area contributed by atoms with Crippen LogP contribution in [0.15, 0.2) is 17.4 Å². The van der Waals surface area contributed by atoms with E-state index < -0.39 is 0 Å². The Labute approximate surface area is 182 Å². The van der Waals surface area contributed by atoms with Gasteiger partial charge in [0.1, 0.15) is 0 Å². The van der Waals surface area contributed by atoms with Crippen molar-refractivity contribution in [2.45, 2.75) is 65.5 Å². The van der Waals surface area contributed by atoms with E-state index in [1.54, 1.807) is 0 Å². The van der Waals surface area contributed by atoms with Crippen molar-refractivity contribution in [3.63, 3.8) is 0 Å². The monoisotopic (exact) mass is 490 g/mol. The Morgan fingerprint density at radius 2 is 2.04 bits per heavy atom. The highest BCUT2D eigenvalue weighted by Gasteiger charge is 2.26. The van der Waals surface area contributed by atoms with Gasteiger partial charge in [0, 0.05) is 64.0 Å². The number of rotatable bonds is 8. The lowest BCUT2D eigenvalue weighted by Crippen LogP contribution is -2.40. The fourth-order valence-electron chi connectivity index (χ4n) is 3.85. The molecule has 1 aliphatic heterocycles. The van der Waals surface area contributed by atoms with Crippen molar-refractivity contribution in [2.75, 3.05) is 32.7 Å². The average Bonchev–Trinajstić information content (AvgIpc) is 3.21. The van der Waals surface area contributed by atoms with Crippen LogP contribution >= 0.6 is 24.0 Å². The molecule has 0 amide bonds. The van der Waals surface area contributed by atoms with Gasteiger partial charge in [-0.3, -0.25) is 14.6 Å². The average molecular weight is 490 g/mol. The molecule has 1 aromatic heterocycles. The zero-order chi connectivity index (χ0) is 19.1. The molecule has 2 rings (SSSR count). The molecule has 0 aromatic carbocycles. The van der Waals surface area contributed by atoms with Crippen molar-refractivity contribution in [3.05, 3.63) is 18.0 Å². The number of nitrogens with zero attached hydrogens (tertiary/aromatic N) is 5. The number of aromatic nitrogens is 2. The maximum absolute atomic E-state index is 4.90. The number of aliphatic imine (C=N–C) groups is 1. The third kappa shape index (κ3) is 7.25. The van der Waals surface area contributed by atoms with Crippen LogP contribution in [0.4, 0.5) is 0 Å². The number of halogens is 1. The molecule has 1 unspecified atom stereocenters. The van der Waals surface area contributed by atoms with Crippen LogP contribution in [0.5, 0.6) is 0 Å². The number of aryl methyl sites for hydroxylation is 1. The van der Waals surface area contributed by atoms with E-state index in [0.29, 0.717) is 18.0 Å². The van der Waals surface area contributed by atoms with Crippen LogP contribution in [0.25, 0.3) is 0 Å². The van der Waals surface area contributed by atoms with Crippen molar-refractivity contribution in [1.29, 1.82) is 0 Å². The topological polar surface area (TPSA) is 48.7 Å². The molecule has 156 valence electrons. The molecule has 7 heteroatoms. The maximum atomic E-state index is 4.90. The van der Waals surface area contributed by atoms with Gasteiger partial charge in [0.15, 0.2) is 5.96 Å². The first-order chi connectivity index (χ1) is 12.4. The third-order valence-corrected chi connectivity index (χ3v) is 5.18. The van der Waals surface area contributed by atoms with Crippen molar-refractivity contribution in [3.8, 4) is 0 Å². The Bertz CT molecular complexity index is 561. The Morgan fingerprint density at radius 3 is 2.59 bits per heavy atom. The second-order valence-corrected chi connectivity index (χ2v) is 7.89. The summed E-state index contributed by atoms with van der Waals surface area (Å²) < 4.78 is 1.90. The van der Waals surface area contributed by atoms with Gasteiger partial charge >= 0.3 is 0 Å². The standard InChI is InChI=1S/C20H38N6.HI/c1-7-21-20(22-10-8-11-26(16(2)3)17(4)5)25-12-9-18(15-25)19-13-23-24(6)14-19;/h13-14,16-18H,7-12,15H2,1-6H3,(H,21,22);1H. The second kappa shape index (κ2) is 11.9. The fourth-order valence-corrected chi connectivity index (χ4v) is 3.85. The van der Waals surface area contributed by atoms with Crippen LogP contribution < -0.4 is 5.32 Å². The first kappa shape index (κ1) is 24.2. The molecule has 1 fully saturated rings. The summed E-state index contributed by atoms with van der Waals surface area (Å²) in [5, 5.41) is 7.80. The van der Waals surface area contributed by atoms with Gasteiger partial charge in [-0.1, -0.05) is 0 Å². The molecule has 6 nitrogen and oxygen atoms in total. The van der Waals surface area contributed by atoms with Crippen LogP contribution in [0.2, 0.25) is 0 Å². The fraction of sp³-hybridized carbons (Fsp3) is 0.800. The Morgan fingerprint density at radius 1 is 1.33 bits per heavy atom. The molecule has 2 heterocycles. The van der Waals surface area contributed by atoms with Crippen LogP contribution in [0.3, 0.4) is 0 Å². The summed E-state index contributed by atoms with van der Waals surface area (Å²) in [6, 6.07) is 1.18. The van der Waals surface area contributed by atoms with Gasteiger partial charge < -0.3 is 10.2 Å².